The summed E-state index contributed by atoms with van der Waals surface area (Å²) in [5.74, 6) is -0.219. The van der Waals surface area contributed by atoms with Gasteiger partial charge in [-0.15, -0.1) is 0 Å². The van der Waals surface area contributed by atoms with E-state index in [1.165, 1.54) is 0 Å². The van der Waals surface area contributed by atoms with Gasteiger partial charge >= 0.3 is 0 Å². The lowest BCUT2D eigenvalue weighted by Gasteiger charge is -2.24. The fourth-order valence-electron chi connectivity index (χ4n) is 1.10. The molecule has 2 N–H and O–H groups in total. The van der Waals surface area contributed by atoms with Gasteiger partial charge in [-0.2, -0.15) is 11.8 Å². The molecule has 0 rings (SSSR count). The highest BCUT2D eigenvalue weighted by molar-refractivity contribution is 8.01. The van der Waals surface area contributed by atoms with Crippen LogP contribution in [0.25, 0.3) is 0 Å². The van der Waals surface area contributed by atoms with Crippen LogP contribution >= 0.6 is 11.8 Å². The van der Waals surface area contributed by atoms with Crippen molar-refractivity contribution in [1.29, 1.82) is 0 Å². The molecule has 0 aromatic rings. The average molecular weight is 175 g/mol. The minimum Gasteiger partial charge on any atom is -0.370 e. The molecule has 0 bridgehead atoms. The molecule has 0 heterocycles. The summed E-state index contributed by atoms with van der Waals surface area (Å²) in [5.41, 5.74) is 5.10. The molecule has 0 aromatic carbocycles. The van der Waals surface area contributed by atoms with Crippen LogP contribution in [0.4, 0.5) is 0 Å². The lowest BCUT2D eigenvalue weighted by atomic mass is 10.1. The fraction of sp³-hybridized carbons (Fsp3) is 0.875. The van der Waals surface area contributed by atoms with E-state index in [-0.39, 0.29) is 10.7 Å². The Kier molecular flexibility index (Phi) is 3.93. The van der Waals surface area contributed by atoms with Crippen LogP contribution < -0.4 is 5.73 Å². The molecule has 0 saturated heterocycles. The summed E-state index contributed by atoms with van der Waals surface area (Å²) in [6, 6.07) is 0. The maximum absolute atomic E-state index is 10.6. The van der Waals surface area contributed by atoms with Gasteiger partial charge in [0.15, 0.2) is 0 Å². The Balaban J connectivity index is 3.89. The lowest BCUT2D eigenvalue weighted by Crippen LogP contribution is -2.26. The second-order valence-electron chi connectivity index (χ2n) is 3.57. The summed E-state index contributed by atoms with van der Waals surface area (Å²) in [5, 5.41) is 0.546. The van der Waals surface area contributed by atoms with Crippen LogP contribution in [0.15, 0.2) is 0 Å². The summed E-state index contributed by atoms with van der Waals surface area (Å²) in [6.45, 7) is 8.33. The van der Waals surface area contributed by atoms with Crippen LogP contribution in [-0.4, -0.2) is 15.9 Å². The summed E-state index contributed by atoms with van der Waals surface area (Å²) in [6.07, 6.45) is 0.454. The Bertz CT molecular complexity index is 143. The first-order chi connectivity index (χ1) is 4.83. The highest BCUT2D eigenvalue weighted by atomic mass is 32.2. The van der Waals surface area contributed by atoms with Gasteiger partial charge in [-0.25, -0.2) is 0 Å². The van der Waals surface area contributed by atoms with E-state index in [4.69, 9.17) is 5.73 Å². The SMILES string of the molecule is CC(C)SC(C)(C)CC(N)=O. The Labute approximate surface area is 72.9 Å². The standard InChI is InChI=1S/C8H17NOS/c1-6(2)11-8(3,4)5-7(9)10/h6H,5H2,1-4H3,(H2,9,10). The molecule has 0 aliphatic carbocycles. The fourth-order valence-corrected chi connectivity index (χ4v) is 2.60. The lowest BCUT2D eigenvalue weighted by molar-refractivity contribution is -0.118. The first kappa shape index (κ1) is 10.8. The van der Waals surface area contributed by atoms with Crippen molar-refractivity contribution < 1.29 is 4.79 Å². The largest absolute Gasteiger partial charge is 0.370 e. The Morgan fingerprint density at radius 3 is 2.27 bits per heavy atom. The van der Waals surface area contributed by atoms with Crippen LogP contribution in [0.5, 0.6) is 0 Å². The van der Waals surface area contributed by atoms with E-state index in [9.17, 15) is 4.79 Å². The van der Waals surface area contributed by atoms with Crippen molar-refractivity contribution in [2.45, 2.75) is 44.1 Å². The van der Waals surface area contributed by atoms with Gasteiger partial charge in [0, 0.05) is 11.2 Å². The minimum absolute atomic E-state index is 0.0139. The summed E-state index contributed by atoms with van der Waals surface area (Å²) < 4.78 is -0.0139. The van der Waals surface area contributed by atoms with Crippen LogP contribution in [0.3, 0.4) is 0 Å². The van der Waals surface area contributed by atoms with Crippen molar-refractivity contribution in [2.75, 3.05) is 0 Å². The van der Waals surface area contributed by atoms with E-state index in [1.807, 2.05) is 13.8 Å². The third-order valence-corrected chi connectivity index (χ3v) is 2.41. The molecule has 0 spiro atoms. The summed E-state index contributed by atoms with van der Waals surface area (Å²) >= 11 is 1.78. The maximum Gasteiger partial charge on any atom is 0.218 e. The Morgan fingerprint density at radius 2 is 2.00 bits per heavy atom. The molecular formula is C8H17NOS. The maximum atomic E-state index is 10.6. The van der Waals surface area contributed by atoms with Crippen LogP contribution in [0.1, 0.15) is 34.1 Å². The molecule has 11 heavy (non-hydrogen) atoms. The van der Waals surface area contributed by atoms with Crippen molar-refractivity contribution in [1.82, 2.24) is 0 Å². The van der Waals surface area contributed by atoms with E-state index in [2.05, 4.69) is 13.8 Å². The van der Waals surface area contributed by atoms with E-state index in [1.54, 1.807) is 11.8 Å². The Hall–Kier alpha value is -0.180. The number of nitrogens with two attached hydrogens (primary N) is 1. The van der Waals surface area contributed by atoms with Crippen LogP contribution in [0.2, 0.25) is 0 Å². The zero-order valence-electron chi connectivity index (χ0n) is 7.68. The second-order valence-corrected chi connectivity index (χ2v) is 5.85. The van der Waals surface area contributed by atoms with Gasteiger partial charge in [-0.3, -0.25) is 4.79 Å². The third kappa shape index (κ3) is 6.23. The van der Waals surface area contributed by atoms with Crippen molar-refractivity contribution in [3.8, 4) is 0 Å². The molecule has 0 aliphatic heterocycles. The first-order valence-corrected chi connectivity index (χ1v) is 4.67. The molecule has 0 radical (unpaired) electrons. The molecule has 2 nitrogen and oxygen atoms in total. The molecule has 0 fully saturated rings. The van der Waals surface area contributed by atoms with Gasteiger partial charge in [-0.05, 0) is 5.25 Å². The minimum atomic E-state index is -0.219. The molecule has 0 saturated carbocycles. The zero-order chi connectivity index (χ0) is 9.07. The van der Waals surface area contributed by atoms with E-state index >= 15 is 0 Å². The number of carbonyl (C=O) groups excluding carboxylic acids is 1. The van der Waals surface area contributed by atoms with Crippen LogP contribution in [0, 0.1) is 0 Å². The predicted octanol–water partition coefficient (Wildman–Crippen LogP) is 1.78. The third-order valence-electron chi connectivity index (χ3n) is 1.15. The first-order valence-electron chi connectivity index (χ1n) is 3.79. The number of hydrogen-bond donors (Lipinski definition) is 1. The predicted molar refractivity (Wildman–Crippen MR) is 50.6 cm³/mol. The van der Waals surface area contributed by atoms with E-state index in [0.717, 1.165) is 0 Å². The second kappa shape index (κ2) is 4.00. The molecular weight excluding hydrogens is 158 g/mol. The molecule has 0 unspecified atom stereocenters. The van der Waals surface area contributed by atoms with E-state index in [0.29, 0.717) is 11.7 Å². The van der Waals surface area contributed by atoms with Gasteiger partial charge in [0.25, 0.3) is 0 Å². The number of rotatable bonds is 4. The highest BCUT2D eigenvalue weighted by Gasteiger charge is 2.22. The smallest absolute Gasteiger partial charge is 0.218 e. The van der Waals surface area contributed by atoms with Gasteiger partial charge < -0.3 is 5.73 Å². The average Bonchev–Trinajstić information content (AvgIpc) is 1.53. The number of amides is 1. The number of carbonyl (C=O) groups is 1. The normalized spacial score (nSPS) is 12.1. The summed E-state index contributed by atoms with van der Waals surface area (Å²) in [7, 11) is 0. The number of primary amides is 1. The van der Waals surface area contributed by atoms with E-state index < -0.39 is 0 Å². The Morgan fingerprint density at radius 1 is 1.55 bits per heavy atom. The van der Waals surface area contributed by atoms with Crippen molar-refractivity contribution in [3.63, 3.8) is 0 Å². The topological polar surface area (TPSA) is 43.1 Å². The monoisotopic (exact) mass is 175 g/mol. The van der Waals surface area contributed by atoms with Gasteiger partial charge in [0.1, 0.15) is 0 Å². The molecule has 0 atom stereocenters. The van der Waals surface area contributed by atoms with Gasteiger partial charge in [-0.1, -0.05) is 27.7 Å². The molecule has 3 heteroatoms. The number of hydrogen-bond acceptors (Lipinski definition) is 2. The number of thioether (sulfide) groups is 1. The highest BCUT2D eigenvalue weighted by Crippen LogP contribution is 2.31. The molecule has 66 valence electrons. The van der Waals surface area contributed by atoms with Crippen molar-refractivity contribution >= 4 is 17.7 Å². The quantitative estimate of drug-likeness (QED) is 0.707. The van der Waals surface area contributed by atoms with Gasteiger partial charge in [0.05, 0.1) is 0 Å². The molecule has 0 aromatic heterocycles. The molecule has 0 aliphatic rings. The van der Waals surface area contributed by atoms with Crippen LogP contribution in [-0.2, 0) is 4.79 Å². The molecule has 1 amide bonds. The van der Waals surface area contributed by atoms with Gasteiger partial charge in [0.2, 0.25) is 5.91 Å². The zero-order valence-corrected chi connectivity index (χ0v) is 8.49. The summed E-state index contributed by atoms with van der Waals surface area (Å²) in [4.78, 5) is 10.6. The van der Waals surface area contributed by atoms with Crippen molar-refractivity contribution in [3.05, 3.63) is 0 Å². The van der Waals surface area contributed by atoms with Crippen molar-refractivity contribution in [2.24, 2.45) is 5.73 Å².